The Balaban J connectivity index is 2.01. The van der Waals surface area contributed by atoms with Crippen molar-refractivity contribution in [2.75, 3.05) is 11.9 Å². The van der Waals surface area contributed by atoms with Gasteiger partial charge in [-0.3, -0.25) is 0 Å². The lowest BCUT2D eigenvalue weighted by Crippen LogP contribution is -2.10. The molecule has 1 aromatic carbocycles. The van der Waals surface area contributed by atoms with Gasteiger partial charge in [-0.15, -0.1) is 0 Å². The maximum absolute atomic E-state index is 13.2. The van der Waals surface area contributed by atoms with Crippen molar-refractivity contribution in [3.05, 3.63) is 59.0 Å². The van der Waals surface area contributed by atoms with E-state index in [4.69, 9.17) is 0 Å². The van der Waals surface area contributed by atoms with Crippen LogP contribution in [-0.4, -0.2) is 11.5 Å². The van der Waals surface area contributed by atoms with Crippen LogP contribution in [0.2, 0.25) is 0 Å². The summed E-state index contributed by atoms with van der Waals surface area (Å²) in [5.74, 6) is -5.77. The second-order valence-electron chi connectivity index (χ2n) is 4.05. The van der Waals surface area contributed by atoms with Crippen molar-refractivity contribution in [3.8, 4) is 0 Å². The minimum Gasteiger partial charge on any atom is -0.367 e. The molecule has 0 aliphatic heterocycles. The highest BCUT2D eigenvalue weighted by Crippen LogP contribution is 2.14. The molecule has 0 fully saturated rings. The van der Waals surface area contributed by atoms with E-state index in [0.29, 0.717) is 11.6 Å². The van der Waals surface area contributed by atoms with Crippen molar-refractivity contribution in [1.82, 2.24) is 4.98 Å². The van der Waals surface area contributed by atoms with E-state index in [-0.39, 0.29) is 13.0 Å². The van der Waals surface area contributed by atoms with Crippen LogP contribution in [-0.2, 0) is 6.42 Å². The van der Waals surface area contributed by atoms with E-state index < -0.39 is 35.0 Å². The van der Waals surface area contributed by atoms with Crippen molar-refractivity contribution in [2.24, 2.45) is 0 Å². The van der Waals surface area contributed by atoms with Gasteiger partial charge >= 0.3 is 0 Å². The molecule has 7 heteroatoms. The number of halogens is 5. The molecule has 0 aliphatic rings. The van der Waals surface area contributed by atoms with Crippen LogP contribution in [0.3, 0.4) is 0 Å². The minimum atomic E-state index is -1.43. The number of pyridine rings is 1. The van der Waals surface area contributed by atoms with Gasteiger partial charge in [0.25, 0.3) is 5.95 Å². The Morgan fingerprint density at radius 2 is 1.50 bits per heavy atom. The van der Waals surface area contributed by atoms with Gasteiger partial charge in [0, 0.05) is 18.7 Å². The maximum atomic E-state index is 13.2. The summed E-state index contributed by atoms with van der Waals surface area (Å²) >= 11 is 0. The molecule has 1 N–H and O–H groups in total. The van der Waals surface area contributed by atoms with Gasteiger partial charge in [0.1, 0.15) is 11.6 Å². The van der Waals surface area contributed by atoms with E-state index in [1.54, 1.807) is 0 Å². The van der Waals surface area contributed by atoms with Gasteiger partial charge in [-0.1, -0.05) is 0 Å². The molecule has 0 saturated heterocycles. The molecule has 0 unspecified atom stereocenters. The molecule has 0 saturated carbocycles. The third kappa shape index (κ3) is 3.43. The Bertz CT molecular complexity index is 610. The van der Waals surface area contributed by atoms with E-state index in [9.17, 15) is 22.0 Å². The number of rotatable bonds is 4. The molecule has 2 aromatic rings. The average molecular weight is 288 g/mol. The Labute approximate surface area is 111 Å². The summed E-state index contributed by atoms with van der Waals surface area (Å²) in [6.07, 6.45) is 0.162. The van der Waals surface area contributed by atoms with E-state index >= 15 is 0 Å². The lowest BCUT2D eigenvalue weighted by molar-refractivity contribution is 0.466. The summed E-state index contributed by atoms with van der Waals surface area (Å²) in [6, 6.07) is 3.35. The van der Waals surface area contributed by atoms with Gasteiger partial charge in [-0.2, -0.15) is 9.37 Å². The molecule has 20 heavy (non-hydrogen) atoms. The molecule has 0 spiro atoms. The Morgan fingerprint density at radius 1 is 0.850 bits per heavy atom. The molecule has 2 rings (SSSR count). The van der Waals surface area contributed by atoms with Crippen molar-refractivity contribution in [1.29, 1.82) is 0 Å². The van der Waals surface area contributed by atoms with Crippen LogP contribution in [0.5, 0.6) is 0 Å². The number of anilines is 1. The second-order valence-corrected chi connectivity index (χ2v) is 4.05. The second kappa shape index (κ2) is 5.85. The number of aromatic nitrogens is 1. The highest BCUT2D eigenvalue weighted by atomic mass is 19.2. The molecule has 0 bridgehead atoms. The molecule has 0 atom stereocenters. The van der Waals surface area contributed by atoms with Crippen LogP contribution >= 0.6 is 0 Å². The van der Waals surface area contributed by atoms with Gasteiger partial charge in [-0.05, 0) is 24.1 Å². The SMILES string of the molecule is Fc1cc(F)cc(CCNc2nc(F)c(F)cc2F)c1. The predicted octanol–water partition coefficient (Wildman–Crippen LogP) is 3.43. The fraction of sp³-hybridized carbons (Fsp3) is 0.154. The third-order valence-corrected chi connectivity index (χ3v) is 2.52. The van der Waals surface area contributed by atoms with Crippen LogP contribution in [0.4, 0.5) is 27.8 Å². The summed E-state index contributed by atoms with van der Waals surface area (Å²) in [5, 5.41) is 2.43. The Hall–Kier alpha value is -2.18. The van der Waals surface area contributed by atoms with Crippen LogP contribution in [0.15, 0.2) is 24.3 Å². The standard InChI is InChI=1S/C13H9F5N2/c14-8-3-7(4-9(15)5-8)1-2-19-13-11(17)6-10(16)12(18)20-13/h3-6H,1-2H2,(H,19,20). The van der Waals surface area contributed by atoms with Crippen molar-refractivity contribution in [2.45, 2.75) is 6.42 Å². The van der Waals surface area contributed by atoms with Crippen LogP contribution in [0.1, 0.15) is 5.56 Å². The summed E-state index contributed by atoms with van der Waals surface area (Å²) in [5.41, 5.74) is 0.345. The zero-order chi connectivity index (χ0) is 14.7. The molecule has 0 aliphatic carbocycles. The topological polar surface area (TPSA) is 24.9 Å². The molecule has 106 valence electrons. The van der Waals surface area contributed by atoms with Gasteiger partial charge in [0.15, 0.2) is 17.5 Å². The Morgan fingerprint density at radius 3 is 2.15 bits per heavy atom. The van der Waals surface area contributed by atoms with Crippen molar-refractivity contribution < 1.29 is 22.0 Å². The minimum absolute atomic E-state index is 0.0535. The average Bonchev–Trinajstić information content (AvgIpc) is 2.34. The van der Waals surface area contributed by atoms with E-state index in [0.717, 1.165) is 18.2 Å². The summed E-state index contributed by atoms with van der Waals surface area (Å²) < 4.78 is 64.5. The monoisotopic (exact) mass is 288 g/mol. The fourth-order valence-corrected chi connectivity index (χ4v) is 1.65. The van der Waals surface area contributed by atoms with E-state index in [2.05, 4.69) is 10.3 Å². The normalized spacial score (nSPS) is 10.7. The van der Waals surface area contributed by atoms with Crippen molar-refractivity contribution in [3.63, 3.8) is 0 Å². The number of hydrogen-bond acceptors (Lipinski definition) is 2. The summed E-state index contributed by atoms with van der Waals surface area (Å²) in [7, 11) is 0. The molecule has 2 nitrogen and oxygen atoms in total. The van der Waals surface area contributed by atoms with Gasteiger partial charge in [0.05, 0.1) is 0 Å². The summed E-state index contributed by atoms with van der Waals surface area (Å²) in [6.45, 7) is 0.0535. The van der Waals surface area contributed by atoms with E-state index in [1.165, 1.54) is 0 Å². The van der Waals surface area contributed by atoms with Crippen LogP contribution in [0, 0.1) is 29.2 Å². The number of benzene rings is 1. The van der Waals surface area contributed by atoms with Gasteiger partial charge in [-0.25, -0.2) is 17.6 Å². The number of hydrogen-bond donors (Lipinski definition) is 1. The number of nitrogens with one attached hydrogen (secondary N) is 1. The molecule has 1 heterocycles. The first-order valence-electron chi connectivity index (χ1n) is 5.66. The largest absolute Gasteiger partial charge is 0.367 e. The van der Waals surface area contributed by atoms with Gasteiger partial charge in [0.2, 0.25) is 0 Å². The first-order chi connectivity index (χ1) is 9.45. The first-order valence-corrected chi connectivity index (χ1v) is 5.66. The third-order valence-electron chi connectivity index (χ3n) is 2.52. The molecular formula is C13H9F5N2. The van der Waals surface area contributed by atoms with E-state index in [1.807, 2.05) is 0 Å². The fourth-order valence-electron chi connectivity index (χ4n) is 1.65. The van der Waals surface area contributed by atoms with Crippen LogP contribution < -0.4 is 5.32 Å². The Kier molecular flexibility index (Phi) is 4.16. The first kappa shape index (κ1) is 14.2. The molecule has 0 amide bonds. The molecular weight excluding hydrogens is 279 g/mol. The van der Waals surface area contributed by atoms with Crippen molar-refractivity contribution >= 4 is 5.82 Å². The lowest BCUT2D eigenvalue weighted by atomic mass is 10.1. The highest BCUT2D eigenvalue weighted by molar-refractivity contribution is 5.36. The quantitative estimate of drug-likeness (QED) is 0.688. The summed E-state index contributed by atoms with van der Waals surface area (Å²) in [4.78, 5) is 3.06. The predicted molar refractivity (Wildman–Crippen MR) is 62.7 cm³/mol. The molecule has 1 aromatic heterocycles. The number of nitrogens with zero attached hydrogens (tertiary/aromatic N) is 1. The maximum Gasteiger partial charge on any atom is 0.251 e. The highest BCUT2D eigenvalue weighted by Gasteiger charge is 2.11. The zero-order valence-corrected chi connectivity index (χ0v) is 10.1. The smallest absolute Gasteiger partial charge is 0.251 e. The van der Waals surface area contributed by atoms with Crippen LogP contribution in [0.25, 0.3) is 0 Å². The molecule has 0 radical (unpaired) electrons. The lowest BCUT2D eigenvalue weighted by Gasteiger charge is -2.07. The van der Waals surface area contributed by atoms with Gasteiger partial charge < -0.3 is 5.32 Å². The zero-order valence-electron chi connectivity index (χ0n) is 10.1.